The second-order valence-corrected chi connectivity index (χ2v) is 7.10. The van der Waals surface area contributed by atoms with Gasteiger partial charge in [0, 0.05) is 32.4 Å². The minimum atomic E-state index is 0.102. The first-order chi connectivity index (χ1) is 11.3. The molecule has 1 unspecified atom stereocenters. The van der Waals surface area contributed by atoms with Gasteiger partial charge in [0.1, 0.15) is 0 Å². The van der Waals surface area contributed by atoms with Gasteiger partial charge in [-0.05, 0) is 30.4 Å². The molecule has 1 atom stereocenters. The lowest BCUT2D eigenvalue weighted by molar-refractivity contribution is -0.139. The predicted molar refractivity (Wildman–Crippen MR) is 92.0 cm³/mol. The average Bonchev–Trinajstić information content (AvgIpc) is 3.10. The van der Waals surface area contributed by atoms with E-state index in [2.05, 4.69) is 27.4 Å². The van der Waals surface area contributed by atoms with E-state index in [0.717, 1.165) is 44.5 Å². The van der Waals surface area contributed by atoms with Crippen LogP contribution in [0.5, 0.6) is 0 Å². The normalized spacial score (nSPS) is 22.5. The standard InChI is InChI=1S/C17H21N3O2S/c21-17(19-7-9-22-10-8-19)13-2-1-6-20(12-13)15-3-5-18-14-4-11-23-16(14)15/h3-5,11,13H,1-2,6-10,12H2. The van der Waals surface area contributed by atoms with E-state index < -0.39 is 0 Å². The summed E-state index contributed by atoms with van der Waals surface area (Å²) < 4.78 is 6.59. The molecule has 2 aromatic heterocycles. The third-order valence-corrected chi connectivity index (χ3v) is 5.68. The molecule has 0 N–H and O–H groups in total. The van der Waals surface area contributed by atoms with Crippen molar-refractivity contribution in [3.05, 3.63) is 23.7 Å². The van der Waals surface area contributed by atoms with E-state index in [1.54, 1.807) is 11.3 Å². The lowest BCUT2D eigenvalue weighted by Gasteiger charge is -2.37. The number of fused-ring (bicyclic) bond motifs is 1. The predicted octanol–water partition coefficient (Wildman–Crippen LogP) is 2.37. The lowest BCUT2D eigenvalue weighted by Crippen LogP contribution is -2.48. The maximum Gasteiger partial charge on any atom is 0.227 e. The van der Waals surface area contributed by atoms with Crippen LogP contribution in [0.3, 0.4) is 0 Å². The van der Waals surface area contributed by atoms with Crippen LogP contribution in [0.15, 0.2) is 23.7 Å². The van der Waals surface area contributed by atoms with Crippen molar-refractivity contribution in [1.29, 1.82) is 0 Å². The van der Waals surface area contributed by atoms with Crippen molar-refractivity contribution in [2.24, 2.45) is 5.92 Å². The number of nitrogens with zero attached hydrogens (tertiary/aromatic N) is 3. The summed E-state index contributed by atoms with van der Waals surface area (Å²) in [5, 5.41) is 2.08. The van der Waals surface area contributed by atoms with E-state index in [1.807, 2.05) is 11.1 Å². The molecule has 0 aromatic carbocycles. The monoisotopic (exact) mass is 331 g/mol. The molecule has 1 amide bonds. The molecule has 0 radical (unpaired) electrons. The van der Waals surface area contributed by atoms with Gasteiger partial charge in [0.05, 0.1) is 35.0 Å². The Kier molecular flexibility index (Phi) is 4.18. The Morgan fingerprint density at radius 3 is 3.00 bits per heavy atom. The SMILES string of the molecule is O=C(C1CCCN(c2ccnc3ccsc23)C1)N1CCOCC1. The molecule has 2 aliphatic heterocycles. The number of amides is 1. The van der Waals surface area contributed by atoms with Gasteiger partial charge in [0.25, 0.3) is 0 Å². The van der Waals surface area contributed by atoms with Gasteiger partial charge in [-0.1, -0.05) is 0 Å². The number of rotatable bonds is 2. The van der Waals surface area contributed by atoms with Gasteiger partial charge in [-0.3, -0.25) is 9.78 Å². The lowest BCUT2D eigenvalue weighted by atomic mass is 9.96. The molecule has 6 heteroatoms. The zero-order valence-electron chi connectivity index (χ0n) is 13.1. The van der Waals surface area contributed by atoms with Crippen LogP contribution in [-0.4, -0.2) is 55.2 Å². The summed E-state index contributed by atoms with van der Waals surface area (Å²) >= 11 is 1.73. The van der Waals surface area contributed by atoms with Gasteiger partial charge >= 0.3 is 0 Å². The maximum atomic E-state index is 12.8. The number of hydrogen-bond donors (Lipinski definition) is 0. The Morgan fingerprint density at radius 2 is 2.13 bits per heavy atom. The number of carbonyl (C=O) groups is 1. The van der Waals surface area contributed by atoms with Crippen LogP contribution in [0.2, 0.25) is 0 Å². The quantitative estimate of drug-likeness (QED) is 0.847. The molecule has 2 saturated heterocycles. The minimum absolute atomic E-state index is 0.102. The van der Waals surface area contributed by atoms with Crippen molar-refractivity contribution in [3.63, 3.8) is 0 Å². The third-order valence-electron chi connectivity index (χ3n) is 4.76. The Hall–Kier alpha value is -1.66. The van der Waals surface area contributed by atoms with Gasteiger partial charge in [-0.25, -0.2) is 0 Å². The highest BCUT2D eigenvalue weighted by atomic mass is 32.1. The summed E-state index contributed by atoms with van der Waals surface area (Å²) in [5.74, 6) is 0.402. The number of pyridine rings is 1. The molecule has 0 bridgehead atoms. The highest BCUT2D eigenvalue weighted by Crippen LogP contribution is 2.33. The first-order valence-corrected chi connectivity index (χ1v) is 9.14. The zero-order valence-corrected chi connectivity index (χ0v) is 13.9. The van der Waals surface area contributed by atoms with Gasteiger partial charge in [0.15, 0.2) is 0 Å². The highest BCUT2D eigenvalue weighted by molar-refractivity contribution is 7.17. The maximum absolute atomic E-state index is 12.8. The fourth-order valence-electron chi connectivity index (χ4n) is 3.55. The summed E-state index contributed by atoms with van der Waals surface area (Å²) in [7, 11) is 0. The number of anilines is 1. The molecule has 2 fully saturated rings. The number of hydrogen-bond acceptors (Lipinski definition) is 5. The number of aromatic nitrogens is 1. The number of carbonyl (C=O) groups excluding carboxylic acids is 1. The van der Waals surface area contributed by atoms with Gasteiger partial charge in [0.2, 0.25) is 5.91 Å². The molecule has 2 aromatic rings. The first-order valence-electron chi connectivity index (χ1n) is 8.26. The summed E-state index contributed by atoms with van der Waals surface area (Å²) in [5.41, 5.74) is 2.28. The first kappa shape index (κ1) is 14.9. The van der Waals surface area contributed by atoms with Crippen molar-refractivity contribution in [2.75, 3.05) is 44.3 Å². The molecular formula is C17H21N3O2S. The molecular weight excluding hydrogens is 310 g/mol. The molecule has 4 heterocycles. The molecule has 0 spiro atoms. The van der Waals surface area contributed by atoms with Crippen molar-refractivity contribution >= 4 is 33.1 Å². The topological polar surface area (TPSA) is 45.7 Å². The number of morpholine rings is 1. The summed E-state index contributed by atoms with van der Waals surface area (Å²) in [6, 6.07) is 4.14. The second kappa shape index (κ2) is 6.45. The van der Waals surface area contributed by atoms with Gasteiger partial charge in [-0.2, -0.15) is 0 Å². The van der Waals surface area contributed by atoms with Crippen LogP contribution in [-0.2, 0) is 9.53 Å². The van der Waals surface area contributed by atoms with Crippen molar-refractivity contribution in [2.45, 2.75) is 12.8 Å². The van der Waals surface area contributed by atoms with Crippen molar-refractivity contribution in [1.82, 2.24) is 9.88 Å². The average molecular weight is 331 g/mol. The van der Waals surface area contributed by atoms with E-state index >= 15 is 0 Å². The second-order valence-electron chi connectivity index (χ2n) is 6.19. The van der Waals surface area contributed by atoms with E-state index in [1.165, 1.54) is 10.4 Å². The fourth-order valence-corrected chi connectivity index (χ4v) is 4.44. The molecule has 2 aliphatic rings. The molecule has 0 saturated carbocycles. The van der Waals surface area contributed by atoms with Crippen molar-refractivity contribution < 1.29 is 9.53 Å². The van der Waals surface area contributed by atoms with E-state index in [4.69, 9.17) is 4.74 Å². The molecule has 23 heavy (non-hydrogen) atoms. The van der Waals surface area contributed by atoms with Crippen molar-refractivity contribution in [3.8, 4) is 0 Å². The Morgan fingerprint density at radius 1 is 1.26 bits per heavy atom. The Balaban J connectivity index is 1.52. The fraction of sp³-hybridized carbons (Fsp3) is 0.529. The number of thiophene rings is 1. The van der Waals surface area contributed by atoms with Crippen LogP contribution >= 0.6 is 11.3 Å². The Bertz CT molecular complexity index is 696. The largest absolute Gasteiger partial charge is 0.378 e. The summed E-state index contributed by atoms with van der Waals surface area (Å²) in [4.78, 5) is 21.5. The van der Waals surface area contributed by atoms with Crippen LogP contribution in [0, 0.1) is 5.92 Å². The number of piperidine rings is 1. The van der Waals surface area contributed by atoms with Crippen LogP contribution in [0.4, 0.5) is 5.69 Å². The zero-order chi connectivity index (χ0) is 15.6. The third kappa shape index (κ3) is 2.93. The van der Waals surface area contributed by atoms with E-state index in [0.29, 0.717) is 19.1 Å². The summed E-state index contributed by atoms with van der Waals surface area (Å²) in [6.45, 7) is 4.64. The highest BCUT2D eigenvalue weighted by Gasteiger charge is 2.30. The minimum Gasteiger partial charge on any atom is -0.378 e. The van der Waals surface area contributed by atoms with E-state index in [-0.39, 0.29) is 5.92 Å². The van der Waals surface area contributed by atoms with Crippen LogP contribution in [0.1, 0.15) is 12.8 Å². The molecule has 5 nitrogen and oxygen atoms in total. The van der Waals surface area contributed by atoms with E-state index in [9.17, 15) is 4.79 Å². The number of ether oxygens (including phenoxy) is 1. The molecule has 4 rings (SSSR count). The van der Waals surface area contributed by atoms with Gasteiger partial charge < -0.3 is 14.5 Å². The Labute approximate surface area is 139 Å². The van der Waals surface area contributed by atoms with Crippen LogP contribution < -0.4 is 4.90 Å². The molecule has 0 aliphatic carbocycles. The smallest absolute Gasteiger partial charge is 0.227 e. The summed E-state index contributed by atoms with van der Waals surface area (Å²) in [6.07, 6.45) is 3.93. The van der Waals surface area contributed by atoms with Crippen LogP contribution in [0.25, 0.3) is 10.2 Å². The molecule has 122 valence electrons. The van der Waals surface area contributed by atoms with Gasteiger partial charge in [-0.15, -0.1) is 11.3 Å².